The highest BCUT2D eigenvalue weighted by atomic mass is 16.5. The van der Waals surface area contributed by atoms with Crippen molar-refractivity contribution in [3.63, 3.8) is 0 Å². The number of urea groups is 1. The number of carbonyl (C=O) groups excluding carboxylic acids is 3. The van der Waals surface area contributed by atoms with Gasteiger partial charge in [-0.05, 0) is 12.1 Å². The van der Waals surface area contributed by atoms with Crippen LogP contribution in [0.5, 0.6) is 5.75 Å². The van der Waals surface area contributed by atoms with Crippen LogP contribution < -0.4 is 32.0 Å². The number of primary amides is 1. The molecular formula is C16H16N6O5. The Balaban J connectivity index is 1.99. The third kappa shape index (κ3) is 3.71. The first kappa shape index (κ1) is 17.9. The van der Waals surface area contributed by atoms with E-state index in [0.717, 1.165) is 0 Å². The lowest BCUT2D eigenvalue weighted by Crippen LogP contribution is -2.43. The predicted molar refractivity (Wildman–Crippen MR) is 94.8 cm³/mol. The maximum absolute atomic E-state index is 12.5. The maximum atomic E-state index is 12.5. The molecule has 1 aliphatic heterocycles. The molecule has 1 unspecified atom stereocenters. The fourth-order valence-corrected chi connectivity index (χ4v) is 2.74. The summed E-state index contributed by atoms with van der Waals surface area (Å²) in [5.41, 5.74) is 4.78. The quantitative estimate of drug-likeness (QED) is 0.508. The van der Waals surface area contributed by atoms with E-state index in [1.54, 1.807) is 24.3 Å². The normalized spacial score (nSPS) is 15.3. The molecule has 140 valence electrons. The molecule has 0 bridgehead atoms. The fraction of sp³-hybridized carbons (Fsp3) is 0.188. The van der Waals surface area contributed by atoms with Gasteiger partial charge in [-0.25, -0.2) is 4.79 Å². The van der Waals surface area contributed by atoms with Crippen molar-refractivity contribution < 1.29 is 19.1 Å². The first-order valence-electron chi connectivity index (χ1n) is 7.83. The Labute approximate surface area is 152 Å². The zero-order chi connectivity index (χ0) is 19.6. The number of imide groups is 1. The van der Waals surface area contributed by atoms with Gasteiger partial charge < -0.3 is 21.1 Å². The van der Waals surface area contributed by atoms with Crippen LogP contribution in [0.1, 0.15) is 17.9 Å². The number of hydrogen-bond donors (Lipinski definition) is 5. The number of anilines is 3. The van der Waals surface area contributed by atoms with Crippen LogP contribution in [0.15, 0.2) is 29.1 Å². The van der Waals surface area contributed by atoms with Gasteiger partial charge in [0.25, 0.3) is 5.56 Å². The molecule has 1 atom stereocenters. The van der Waals surface area contributed by atoms with Gasteiger partial charge >= 0.3 is 6.03 Å². The lowest BCUT2D eigenvalue weighted by molar-refractivity contribution is -0.125. The monoisotopic (exact) mass is 372 g/mol. The number of para-hydroxylation sites is 2. The summed E-state index contributed by atoms with van der Waals surface area (Å²) in [5.74, 6) is -2.07. The van der Waals surface area contributed by atoms with Gasteiger partial charge in [-0.1, -0.05) is 12.1 Å². The first-order valence-corrected chi connectivity index (χ1v) is 7.83. The lowest BCUT2D eigenvalue weighted by Gasteiger charge is -2.23. The number of methoxy groups -OCH3 is 1. The number of aromatic nitrogens is 2. The SMILES string of the molecule is COc1ccccc1Nc1nc2c(c(=O)[nH]1)C(C(=O)NC(N)=O)CC(=O)N2. The molecule has 2 aromatic rings. The topological polar surface area (TPSA) is 168 Å². The summed E-state index contributed by atoms with van der Waals surface area (Å²) in [6, 6.07) is 5.87. The van der Waals surface area contributed by atoms with Crippen LogP contribution in [0, 0.1) is 0 Å². The van der Waals surface area contributed by atoms with E-state index in [4.69, 9.17) is 10.5 Å². The van der Waals surface area contributed by atoms with Crippen molar-refractivity contribution in [3.8, 4) is 5.75 Å². The molecule has 0 fully saturated rings. The Kier molecular flexibility index (Phi) is 4.75. The van der Waals surface area contributed by atoms with Crippen molar-refractivity contribution in [2.45, 2.75) is 12.3 Å². The zero-order valence-electron chi connectivity index (χ0n) is 14.2. The van der Waals surface area contributed by atoms with Crippen molar-refractivity contribution in [1.29, 1.82) is 0 Å². The molecule has 11 nitrogen and oxygen atoms in total. The summed E-state index contributed by atoms with van der Waals surface area (Å²) in [4.78, 5) is 54.1. The number of ether oxygens (including phenoxy) is 1. The van der Waals surface area contributed by atoms with E-state index in [2.05, 4.69) is 20.6 Å². The minimum absolute atomic E-state index is 0.0412. The third-order valence-corrected chi connectivity index (χ3v) is 3.87. The standard InChI is InChI=1S/C16H16N6O5/c1-27-9-5-3-2-4-8(9)18-16-20-12-11(14(25)22-16)7(6-10(23)19-12)13(24)21-15(17)26/h2-5,7H,6H2,1H3,(H3,17,21,24,26)(H3,18,19,20,22,23,25). The molecule has 27 heavy (non-hydrogen) atoms. The van der Waals surface area contributed by atoms with Gasteiger partial charge in [0.05, 0.1) is 24.3 Å². The number of H-pyrrole nitrogens is 1. The van der Waals surface area contributed by atoms with E-state index in [1.165, 1.54) is 7.11 Å². The molecule has 4 amide bonds. The Morgan fingerprint density at radius 2 is 2.04 bits per heavy atom. The van der Waals surface area contributed by atoms with Crippen molar-refractivity contribution in [1.82, 2.24) is 15.3 Å². The van der Waals surface area contributed by atoms with Gasteiger partial charge in [0, 0.05) is 6.42 Å². The van der Waals surface area contributed by atoms with Crippen LogP contribution in [0.3, 0.4) is 0 Å². The maximum Gasteiger partial charge on any atom is 0.318 e. The van der Waals surface area contributed by atoms with E-state index in [0.29, 0.717) is 11.4 Å². The van der Waals surface area contributed by atoms with Crippen molar-refractivity contribution >= 4 is 35.3 Å². The Bertz CT molecular complexity index is 986. The van der Waals surface area contributed by atoms with Gasteiger partial charge in [0.2, 0.25) is 17.8 Å². The number of fused-ring (bicyclic) bond motifs is 1. The molecular weight excluding hydrogens is 356 g/mol. The molecule has 0 spiro atoms. The number of aromatic amines is 1. The zero-order valence-corrected chi connectivity index (χ0v) is 14.2. The highest BCUT2D eigenvalue weighted by molar-refractivity contribution is 6.04. The minimum Gasteiger partial charge on any atom is -0.495 e. The van der Waals surface area contributed by atoms with Gasteiger partial charge in [-0.15, -0.1) is 0 Å². The summed E-state index contributed by atoms with van der Waals surface area (Å²) >= 11 is 0. The van der Waals surface area contributed by atoms with Crippen LogP contribution in [-0.4, -0.2) is 34.9 Å². The number of nitrogens with one attached hydrogen (secondary N) is 4. The number of benzene rings is 1. The van der Waals surface area contributed by atoms with E-state index in [1.807, 2.05) is 5.32 Å². The number of amides is 4. The molecule has 11 heteroatoms. The second kappa shape index (κ2) is 7.15. The minimum atomic E-state index is -1.18. The molecule has 0 aliphatic carbocycles. The Hall–Kier alpha value is -3.89. The Morgan fingerprint density at radius 3 is 2.74 bits per heavy atom. The van der Waals surface area contributed by atoms with Crippen molar-refractivity contribution in [3.05, 3.63) is 40.2 Å². The Morgan fingerprint density at radius 1 is 1.30 bits per heavy atom. The van der Waals surface area contributed by atoms with Crippen molar-refractivity contribution in [2.24, 2.45) is 5.73 Å². The van der Waals surface area contributed by atoms with Gasteiger partial charge in [0.15, 0.2) is 0 Å². The number of hydrogen-bond acceptors (Lipinski definition) is 7. The number of nitrogens with two attached hydrogens (primary N) is 1. The second-order valence-electron chi connectivity index (χ2n) is 5.66. The van der Waals surface area contributed by atoms with E-state index in [9.17, 15) is 19.2 Å². The van der Waals surface area contributed by atoms with Crippen LogP contribution in [-0.2, 0) is 9.59 Å². The average molecular weight is 372 g/mol. The number of rotatable bonds is 4. The second-order valence-corrected chi connectivity index (χ2v) is 5.66. The summed E-state index contributed by atoms with van der Waals surface area (Å²) in [5, 5.41) is 7.22. The molecule has 0 saturated carbocycles. The van der Waals surface area contributed by atoms with Gasteiger partial charge in [-0.3, -0.25) is 24.7 Å². The molecule has 2 heterocycles. The smallest absolute Gasteiger partial charge is 0.318 e. The van der Waals surface area contributed by atoms with E-state index in [-0.39, 0.29) is 23.8 Å². The summed E-state index contributed by atoms with van der Waals surface area (Å²) in [6.07, 6.45) is -0.309. The van der Waals surface area contributed by atoms with E-state index >= 15 is 0 Å². The molecule has 3 rings (SSSR count). The molecule has 1 aromatic carbocycles. The largest absolute Gasteiger partial charge is 0.495 e. The first-order chi connectivity index (χ1) is 12.9. The molecule has 1 aliphatic rings. The summed E-state index contributed by atoms with van der Waals surface area (Å²) < 4.78 is 5.21. The summed E-state index contributed by atoms with van der Waals surface area (Å²) in [7, 11) is 1.49. The molecule has 0 radical (unpaired) electrons. The highest BCUT2D eigenvalue weighted by Gasteiger charge is 2.35. The van der Waals surface area contributed by atoms with Crippen LogP contribution in [0.25, 0.3) is 0 Å². The summed E-state index contributed by atoms with van der Waals surface area (Å²) in [6.45, 7) is 0. The molecule has 0 saturated heterocycles. The molecule has 6 N–H and O–H groups in total. The van der Waals surface area contributed by atoms with E-state index < -0.39 is 29.3 Å². The highest BCUT2D eigenvalue weighted by Crippen LogP contribution is 2.30. The molecule has 1 aromatic heterocycles. The lowest BCUT2D eigenvalue weighted by atomic mass is 9.92. The third-order valence-electron chi connectivity index (χ3n) is 3.87. The van der Waals surface area contributed by atoms with Crippen LogP contribution in [0.2, 0.25) is 0 Å². The van der Waals surface area contributed by atoms with Gasteiger partial charge in [0.1, 0.15) is 11.6 Å². The predicted octanol–water partition coefficient (Wildman–Crippen LogP) is 0.143. The number of carbonyl (C=O) groups is 3. The van der Waals surface area contributed by atoms with Crippen LogP contribution >= 0.6 is 0 Å². The van der Waals surface area contributed by atoms with Gasteiger partial charge in [-0.2, -0.15) is 4.98 Å². The van der Waals surface area contributed by atoms with Crippen molar-refractivity contribution in [2.75, 3.05) is 17.7 Å². The average Bonchev–Trinajstić information content (AvgIpc) is 2.60. The number of nitrogens with zero attached hydrogens (tertiary/aromatic N) is 1. The fourth-order valence-electron chi connectivity index (χ4n) is 2.74. The van der Waals surface area contributed by atoms with Crippen LogP contribution in [0.4, 0.5) is 22.2 Å².